The fourth-order valence-electron chi connectivity index (χ4n) is 2.77. The van der Waals surface area contributed by atoms with Gasteiger partial charge in [-0.2, -0.15) is 5.10 Å². The Morgan fingerprint density at radius 3 is 2.63 bits per heavy atom. The SMILES string of the molecule is CCc1ccc(-c2cc(C(=O)N/N=C\C(C)C)c3cccc(Cl)c3n2)cc1. The standard InChI is InChI=1S/C22H22ClN3O/c1-4-15-8-10-16(11-9-15)20-12-18(22(27)26-24-13-14(2)3)17-6-5-7-19(23)21(17)25-20/h5-14H,4H2,1-3H3,(H,26,27)/b24-13-. The number of pyridine rings is 1. The molecule has 0 spiro atoms. The zero-order valence-electron chi connectivity index (χ0n) is 15.7. The summed E-state index contributed by atoms with van der Waals surface area (Å²) >= 11 is 6.36. The van der Waals surface area contributed by atoms with E-state index >= 15 is 0 Å². The van der Waals surface area contributed by atoms with Crippen LogP contribution in [-0.2, 0) is 6.42 Å². The van der Waals surface area contributed by atoms with Crippen molar-refractivity contribution >= 4 is 34.6 Å². The fourth-order valence-corrected chi connectivity index (χ4v) is 2.98. The first-order valence-corrected chi connectivity index (χ1v) is 9.39. The van der Waals surface area contributed by atoms with Crippen molar-refractivity contribution in [2.24, 2.45) is 11.0 Å². The summed E-state index contributed by atoms with van der Waals surface area (Å²) in [6, 6.07) is 15.4. The molecule has 27 heavy (non-hydrogen) atoms. The number of amides is 1. The number of carbonyl (C=O) groups excluding carboxylic acids is 1. The van der Waals surface area contributed by atoms with Gasteiger partial charge >= 0.3 is 0 Å². The molecule has 0 fully saturated rings. The summed E-state index contributed by atoms with van der Waals surface area (Å²) in [5, 5.41) is 5.24. The van der Waals surface area contributed by atoms with Gasteiger partial charge in [0, 0.05) is 17.2 Å². The first-order chi connectivity index (χ1) is 13.0. The lowest BCUT2D eigenvalue weighted by Gasteiger charge is -2.10. The van der Waals surface area contributed by atoms with Crippen molar-refractivity contribution in [3.63, 3.8) is 0 Å². The number of hydrazone groups is 1. The van der Waals surface area contributed by atoms with Crippen molar-refractivity contribution in [1.29, 1.82) is 0 Å². The minimum absolute atomic E-state index is 0.251. The number of para-hydroxylation sites is 1. The second-order valence-electron chi connectivity index (χ2n) is 6.70. The van der Waals surface area contributed by atoms with E-state index in [-0.39, 0.29) is 11.8 Å². The summed E-state index contributed by atoms with van der Waals surface area (Å²) in [5.41, 5.74) is 6.59. The third-order valence-corrected chi connectivity index (χ3v) is 4.54. The molecule has 0 aliphatic carbocycles. The molecule has 3 rings (SSSR count). The fraction of sp³-hybridized carbons (Fsp3) is 0.227. The van der Waals surface area contributed by atoms with Crippen LogP contribution >= 0.6 is 11.6 Å². The molecule has 0 saturated heterocycles. The predicted octanol–water partition coefficient (Wildman–Crippen LogP) is 5.49. The Bertz CT molecular complexity index is 994. The maximum absolute atomic E-state index is 12.7. The molecule has 2 aromatic carbocycles. The maximum atomic E-state index is 12.7. The largest absolute Gasteiger partial charge is 0.272 e. The van der Waals surface area contributed by atoms with Crippen molar-refractivity contribution in [3.05, 3.63) is 64.7 Å². The van der Waals surface area contributed by atoms with Crippen molar-refractivity contribution in [2.75, 3.05) is 0 Å². The van der Waals surface area contributed by atoms with Crippen molar-refractivity contribution < 1.29 is 4.79 Å². The highest BCUT2D eigenvalue weighted by atomic mass is 35.5. The van der Waals surface area contributed by atoms with Crippen LogP contribution in [0, 0.1) is 5.92 Å². The van der Waals surface area contributed by atoms with Gasteiger partial charge in [-0.15, -0.1) is 0 Å². The highest BCUT2D eigenvalue weighted by Gasteiger charge is 2.15. The molecule has 1 amide bonds. The highest BCUT2D eigenvalue weighted by Crippen LogP contribution is 2.29. The first-order valence-electron chi connectivity index (χ1n) is 9.01. The second-order valence-corrected chi connectivity index (χ2v) is 7.11. The molecule has 1 heterocycles. The Hall–Kier alpha value is -2.72. The van der Waals surface area contributed by atoms with Crippen LogP contribution in [0.3, 0.4) is 0 Å². The Balaban J connectivity index is 2.10. The molecule has 0 radical (unpaired) electrons. The van der Waals surface area contributed by atoms with Gasteiger partial charge in [0.2, 0.25) is 0 Å². The number of hydrogen-bond acceptors (Lipinski definition) is 3. The summed E-state index contributed by atoms with van der Waals surface area (Å²) in [4.78, 5) is 17.4. The van der Waals surface area contributed by atoms with Crippen molar-refractivity contribution in [2.45, 2.75) is 27.2 Å². The third kappa shape index (κ3) is 4.34. The molecule has 138 valence electrons. The lowest BCUT2D eigenvalue weighted by molar-refractivity contribution is 0.0956. The van der Waals surface area contributed by atoms with Gasteiger partial charge < -0.3 is 0 Å². The van der Waals surface area contributed by atoms with Crippen LogP contribution < -0.4 is 5.43 Å². The lowest BCUT2D eigenvalue weighted by atomic mass is 10.0. The number of carbonyl (C=O) groups is 1. The number of halogens is 1. The number of aryl methyl sites for hydroxylation is 1. The molecular weight excluding hydrogens is 358 g/mol. The molecule has 0 unspecified atom stereocenters. The second kappa shape index (κ2) is 8.31. The summed E-state index contributed by atoms with van der Waals surface area (Å²) in [5.74, 6) is -0.0328. The molecule has 0 aliphatic rings. The Labute approximate surface area is 164 Å². The molecule has 0 bridgehead atoms. The number of hydrogen-bond donors (Lipinski definition) is 1. The third-order valence-electron chi connectivity index (χ3n) is 4.23. The van der Waals surface area contributed by atoms with E-state index in [0.717, 1.165) is 12.0 Å². The summed E-state index contributed by atoms with van der Waals surface area (Å²) < 4.78 is 0. The number of fused-ring (bicyclic) bond motifs is 1. The first kappa shape index (κ1) is 19.1. The molecule has 3 aromatic rings. The Morgan fingerprint density at radius 1 is 1.22 bits per heavy atom. The molecule has 5 heteroatoms. The zero-order chi connectivity index (χ0) is 19.4. The van der Waals surface area contributed by atoms with E-state index in [1.807, 2.05) is 38.1 Å². The van der Waals surface area contributed by atoms with Gasteiger partial charge in [0.05, 0.1) is 21.8 Å². The van der Waals surface area contributed by atoms with Gasteiger partial charge in [-0.25, -0.2) is 10.4 Å². The quantitative estimate of drug-likeness (QED) is 0.470. The van der Waals surface area contributed by atoms with Crippen LogP contribution in [0.1, 0.15) is 36.7 Å². The van der Waals surface area contributed by atoms with Crippen LogP contribution in [0.5, 0.6) is 0 Å². The molecular formula is C22H22ClN3O. The van der Waals surface area contributed by atoms with Gasteiger partial charge in [-0.3, -0.25) is 4.79 Å². The molecule has 1 N–H and O–H groups in total. The number of nitrogens with one attached hydrogen (secondary N) is 1. The molecule has 0 aliphatic heterocycles. The van der Waals surface area contributed by atoms with Gasteiger partial charge in [-0.05, 0) is 30.0 Å². The molecule has 1 aromatic heterocycles. The van der Waals surface area contributed by atoms with Crippen LogP contribution in [-0.4, -0.2) is 17.1 Å². The molecule has 4 nitrogen and oxygen atoms in total. The number of nitrogens with zero attached hydrogens (tertiary/aromatic N) is 2. The van der Waals surface area contributed by atoms with E-state index < -0.39 is 0 Å². The lowest BCUT2D eigenvalue weighted by Crippen LogP contribution is -2.18. The van der Waals surface area contributed by atoms with Crippen LogP contribution in [0.4, 0.5) is 0 Å². The summed E-state index contributed by atoms with van der Waals surface area (Å²) in [6.07, 6.45) is 2.66. The smallest absolute Gasteiger partial charge is 0.267 e. The maximum Gasteiger partial charge on any atom is 0.272 e. The molecule has 0 saturated carbocycles. The monoisotopic (exact) mass is 379 g/mol. The van der Waals surface area contributed by atoms with Gasteiger partial charge in [-0.1, -0.05) is 68.8 Å². The van der Waals surface area contributed by atoms with E-state index in [1.54, 1.807) is 18.3 Å². The van der Waals surface area contributed by atoms with Crippen molar-refractivity contribution in [3.8, 4) is 11.3 Å². The Kier molecular flexibility index (Phi) is 5.87. The normalized spacial score (nSPS) is 11.4. The zero-order valence-corrected chi connectivity index (χ0v) is 16.4. The number of aromatic nitrogens is 1. The minimum Gasteiger partial charge on any atom is -0.267 e. The van der Waals surface area contributed by atoms with E-state index in [2.05, 4.69) is 29.6 Å². The van der Waals surface area contributed by atoms with E-state index in [4.69, 9.17) is 16.6 Å². The Morgan fingerprint density at radius 2 is 1.96 bits per heavy atom. The van der Waals surface area contributed by atoms with Gasteiger partial charge in [0.15, 0.2) is 0 Å². The van der Waals surface area contributed by atoms with Crippen LogP contribution in [0.25, 0.3) is 22.2 Å². The summed E-state index contributed by atoms with van der Waals surface area (Å²) in [6.45, 7) is 6.10. The summed E-state index contributed by atoms with van der Waals surface area (Å²) in [7, 11) is 0. The van der Waals surface area contributed by atoms with E-state index in [9.17, 15) is 4.79 Å². The molecule has 0 atom stereocenters. The van der Waals surface area contributed by atoms with E-state index in [0.29, 0.717) is 27.2 Å². The highest BCUT2D eigenvalue weighted by molar-refractivity contribution is 6.35. The van der Waals surface area contributed by atoms with Crippen molar-refractivity contribution in [1.82, 2.24) is 10.4 Å². The van der Waals surface area contributed by atoms with Crippen LogP contribution in [0.15, 0.2) is 53.6 Å². The predicted molar refractivity (Wildman–Crippen MR) is 112 cm³/mol. The average molecular weight is 380 g/mol. The number of rotatable bonds is 5. The van der Waals surface area contributed by atoms with Gasteiger partial charge in [0.1, 0.15) is 0 Å². The minimum atomic E-state index is -0.284. The van der Waals surface area contributed by atoms with Crippen LogP contribution in [0.2, 0.25) is 5.02 Å². The van der Waals surface area contributed by atoms with Gasteiger partial charge in [0.25, 0.3) is 5.91 Å². The van der Waals surface area contributed by atoms with E-state index in [1.165, 1.54) is 5.56 Å². The number of benzene rings is 2. The average Bonchev–Trinajstić information content (AvgIpc) is 2.67. The topological polar surface area (TPSA) is 54.4 Å².